The van der Waals surface area contributed by atoms with Gasteiger partial charge in [0, 0.05) is 17.8 Å². The molecule has 2 aromatic heterocycles. The number of nitrogens with zero attached hydrogens (tertiary/aromatic N) is 3. The molecule has 0 aliphatic heterocycles. The van der Waals surface area contributed by atoms with Crippen LogP contribution in [-0.4, -0.2) is 25.9 Å². The second-order valence-electron chi connectivity index (χ2n) is 4.54. The molecule has 112 valence electrons. The maximum absolute atomic E-state index is 13.6. The average molecular weight is 320 g/mol. The number of anilines is 1. The Morgan fingerprint density at radius 2 is 2.18 bits per heavy atom. The number of H-pyrrole nitrogens is 1. The fourth-order valence-corrected chi connectivity index (χ4v) is 2.10. The van der Waals surface area contributed by atoms with Crippen molar-refractivity contribution in [1.29, 1.82) is 0 Å². The third-order valence-electron chi connectivity index (χ3n) is 2.99. The van der Waals surface area contributed by atoms with Crippen molar-refractivity contribution in [2.24, 2.45) is 0 Å². The number of hydrogen-bond donors (Lipinski definition) is 2. The van der Waals surface area contributed by atoms with E-state index in [4.69, 9.17) is 11.6 Å². The summed E-state index contributed by atoms with van der Waals surface area (Å²) in [7, 11) is 0. The van der Waals surface area contributed by atoms with Crippen LogP contribution in [0.15, 0.2) is 42.7 Å². The van der Waals surface area contributed by atoms with Crippen molar-refractivity contribution in [3.63, 3.8) is 0 Å². The smallest absolute Gasteiger partial charge is 0.276 e. The van der Waals surface area contributed by atoms with E-state index in [-0.39, 0.29) is 23.1 Å². The minimum absolute atomic E-state index is 0.158. The van der Waals surface area contributed by atoms with Crippen molar-refractivity contribution in [3.8, 4) is 0 Å². The molecule has 0 aliphatic rings. The first-order valence-electron chi connectivity index (χ1n) is 6.40. The van der Waals surface area contributed by atoms with Crippen LogP contribution >= 0.6 is 11.6 Å². The molecule has 22 heavy (non-hydrogen) atoms. The van der Waals surface area contributed by atoms with Crippen molar-refractivity contribution >= 4 is 23.3 Å². The molecular weight excluding hydrogens is 309 g/mol. The molecule has 3 aromatic rings. The van der Waals surface area contributed by atoms with Crippen LogP contribution in [0, 0.1) is 5.82 Å². The maximum Gasteiger partial charge on any atom is 0.276 e. The van der Waals surface area contributed by atoms with Crippen LogP contribution in [-0.2, 0) is 6.54 Å². The molecule has 0 spiro atoms. The molecule has 0 radical (unpaired) electrons. The van der Waals surface area contributed by atoms with Gasteiger partial charge in [0.1, 0.15) is 11.5 Å². The number of hydrogen-bond acceptors (Lipinski definition) is 3. The fourth-order valence-electron chi connectivity index (χ4n) is 1.93. The van der Waals surface area contributed by atoms with Crippen molar-refractivity contribution in [3.05, 3.63) is 64.8 Å². The molecule has 0 bridgehead atoms. The van der Waals surface area contributed by atoms with E-state index >= 15 is 0 Å². The zero-order valence-electron chi connectivity index (χ0n) is 11.3. The van der Waals surface area contributed by atoms with Gasteiger partial charge in [-0.2, -0.15) is 10.2 Å². The Morgan fingerprint density at radius 3 is 2.91 bits per heavy atom. The van der Waals surface area contributed by atoms with E-state index < -0.39 is 5.91 Å². The zero-order valence-corrected chi connectivity index (χ0v) is 12.0. The summed E-state index contributed by atoms with van der Waals surface area (Å²) in [5.74, 6) is -0.404. The summed E-state index contributed by atoms with van der Waals surface area (Å²) in [4.78, 5) is 11.9. The minimum Gasteiger partial charge on any atom is -0.304 e. The van der Waals surface area contributed by atoms with E-state index in [2.05, 4.69) is 20.6 Å². The summed E-state index contributed by atoms with van der Waals surface area (Å²) >= 11 is 5.81. The highest BCUT2D eigenvalue weighted by atomic mass is 35.5. The number of amides is 1. The van der Waals surface area contributed by atoms with Gasteiger partial charge < -0.3 is 5.32 Å². The number of benzene rings is 1. The Balaban J connectivity index is 1.70. The van der Waals surface area contributed by atoms with Crippen LogP contribution in [0.2, 0.25) is 5.02 Å². The van der Waals surface area contributed by atoms with Crippen molar-refractivity contribution < 1.29 is 9.18 Å². The number of nitrogens with one attached hydrogen (secondary N) is 2. The van der Waals surface area contributed by atoms with Gasteiger partial charge in [0.15, 0.2) is 5.82 Å². The summed E-state index contributed by atoms with van der Waals surface area (Å²) in [5, 5.41) is 13.1. The van der Waals surface area contributed by atoms with Gasteiger partial charge in [-0.15, -0.1) is 0 Å². The molecule has 0 aliphatic carbocycles. The first-order chi connectivity index (χ1) is 10.6. The lowest BCUT2D eigenvalue weighted by molar-refractivity contribution is 0.102. The molecule has 8 heteroatoms. The van der Waals surface area contributed by atoms with Gasteiger partial charge in [0.05, 0.1) is 17.8 Å². The van der Waals surface area contributed by atoms with E-state index in [0.717, 1.165) is 0 Å². The lowest BCUT2D eigenvalue weighted by Crippen LogP contribution is -2.14. The van der Waals surface area contributed by atoms with Gasteiger partial charge in [-0.3, -0.25) is 14.6 Å². The highest BCUT2D eigenvalue weighted by molar-refractivity contribution is 6.34. The van der Waals surface area contributed by atoms with Gasteiger partial charge in [-0.25, -0.2) is 4.39 Å². The molecule has 0 saturated carbocycles. The summed E-state index contributed by atoms with van der Waals surface area (Å²) in [6.07, 6.45) is 2.99. The molecule has 1 aromatic carbocycles. The number of halogens is 2. The van der Waals surface area contributed by atoms with Crippen molar-refractivity contribution in [2.45, 2.75) is 6.54 Å². The van der Waals surface area contributed by atoms with E-state index in [1.165, 1.54) is 16.9 Å². The third-order valence-corrected chi connectivity index (χ3v) is 3.28. The van der Waals surface area contributed by atoms with Crippen molar-refractivity contribution in [2.75, 3.05) is 5.32 Å². The fraction of sp³-hybridized carbons (Fsp3) is 0.0714. The molecule has 6 nitrogen and oxygen atoms in total. The number of aromatic nitrogens is 4. The van der Waals surface area contributed by atoms with E-state index in [9.17, 15) is 9.18 Å². The Morgan fingerprint density at radius 1 is 1.36 bits per heavy atom. The molecular formula is C14H11ClFN5O. The number of carbonyl (C=O) groups is 1. The Hall–Kier alpha value is -2.67. The van der Waals surface area contributed by atoms with E-state index in [1.807, 2.05) is 0 Å². The molecule has 0 unspecified atom stereocenters. The standard InChI is InChI=1S/C14H11ClFN5O/c15-10-7-17-19-13(10)14(22)18-12-5-6-21(20-12)8-9-3-1-2-4-11(9)16/h1-7H,8H2,(H,17,19)(H,18,20,22). The lowest BCUT2D eigenvalue weighted by Gasteiger charge is -2.03. The molecule has 0 atom stereocenters. The van der Waals surface area contributed by atoms with Gasteiger partial charge in [-0.05, 0) is 6.07 Å². The average Bonchev–Trinajstić information content (AvgIpc) is 3.10. The number of rotatable bonds is 4. The SMILES string of the molecule is O=C(Nc1ccn(Cc2ccccc2F)n1)c1[nH]ncc1Cl. The molecule has 2 heterocycles. The topological polar surface area (TPSA) is 75.6 Å². The minimum atomic E-state index is -0.446. The van der Waals surface area contributed by atoms with E-state index in [1.54, 1.807) is 30.5 Å². The van der Waals surface area contributed by atoms with Crippen molar-refractivity contribution in [1.82, 2.24) is 20.0 Å². The Kier molecular flexibility index (Phi) is 3.88. The van der Waals surface area contributed by atoms with Gasteiger partial charge in [-0.1, -0.05) is 29.8 Å². The molecule has 1 amide bonds. The summed E-state index contributed by atoms with van der Waals surface area (Å²) < 4.78 is 15.1. The first kappa shape index (κ1) is 14.3. The summed E-state index contributed by atoms with van der Waals surface area (Å²) in [5.41, 5.74) is 0.672. The van der Waals surface area contributed by atoms with Crippen LogP contribution in [0.4, 0.5) is 10.2 Å². The molecule has 3 rings (SSSR count). The highest BCUT2D eigenvalue weighted by Gasteiger charge is 2.13. The van der Waals surface area contributed by atoms with Gasteiger partial charge in [0.2, 0.25) is 0 Å². The molecule has 0 fully saturated rings. The highest BCUT2D eigenvalue weighted by Crippen LogP contribution is 2.14. The van der Waals surface area contributed by atoms with Crippen LogP contribution in [0.1, 0.15) is 16.1 Å². The second kappa shape index (κ2) is 5.98. The molecule has 0 saturated heterocycles. The third kappa shape index (κ3) is 2.99. The zero-order chi connectivity index (χ0) is 15.5. The Bertz CT molecular complexity index is 813. The molecule has 2 N–H and O–H groups in total. The predicted octanol–water partition coefficient (Wildman–Crippen LogP) is 2.70. The largest absolute Gasteiger partial charge is 0.304 e. The number of carbonyl (C=O) groups excluding carboxylic acids is 1. The van der Waals surface area contributed by atoms with Crippen LogP contribution in [0.3, 0.4) is 0 Å². The van der Waals surface area contributed by atoms with E-state index in [0.29, 0.717) is 11.4 Å². The van der Waals surface area contributed by atoms with Crippen LogP contribution in [0.25, 0.3) is 0 Å². The summed E-state index contributed by atoms with van der Waals surface area (Å²) in [6.45, 7) is 0.271. The Labute approximate surface area is 129 Å². The normalized spacial score (nSPS) is 10.6. The lowest BCUT2D eigenvalue weighted by atomic mass is 10.2. The van der Waals surface area contributed by atoms with Crippen LogP contribution in [0.5, 0.6) is 0 Å². The van der Waals surface area contributed by atoms with Gasteiger partial charge in [0.25, 0.3) is 5.91 Å². The van der Waals surface area contributed by atoms with Crippen LogP contribution < -0.4 is 5.32 Å². The second-order valence-corrected chi connectivity index (χ2v) is 4.94. The monoisotopic (exact) mass is 319 g/mol. The predicted molar refractivity (Wildman–Crippen MR) is 79.3 cm³/mol. The first-order valence-corrected chi connectivity index (χ1v) is 6.78. The summed E-state index contributed by atoms with van der Waals surface area (Å²) in [6, 6.07) is 8.07. The maximum atomic E-state index is 13.6. The van der Waals surface area contributed by atoms with Gasteiger partial charge >= 0.3 is 0 Å². The number of aromatic amines is 1. The quantitative estimate of drug-likeness (QED) is 0.776.